The molecule has 39 heavy (non-hydrogen) atoms. The second kappa shape index (κ2) is 12.4. The summed E-state index contributed by atoms with van der Waals surface area (Å²) >= 11 is 0. The predicted molar refractivity (Wildman–Crippen MR) is 154 cm³/mol. The number of aliphatic hydroxyl groups is 2. The number of phenols is 1. The molecule has 7 heteroatoms. The van der Waals surface area contributed by atoms with Crippen LogP contribution >= 0.6 is 0 Å². The molecule has 3 N–H and O–H groups in total. The first-order chi connectivity index (χ1) is 18.7. The van der Waals surface area contributed by atoms with E-state index < -0.39 is 12.2 Å². The second-order valence-electron chi connectivity index (χ2n) is 10.2. The summed E-state index contributed by atoms with van der Waals surface area (Å²) in [7, 11) is 0. The van der Waals surface area contributed by atoms with Gasteiger partial charge in [-0.2, -0.15) is 0 Å². The fourth-order valence-electron chi connectivity index (χ4n) is 4.55. The van der Waals surface area contributed by atoms with Gasteiger partial charge in [0, 0.05) is 17.2 Å². The highest BCUT2D eigenvalue weighted by Gasteiger charge is 2.19. The second-order valence-corrected chi connectivity index (χ2v) is 10.2. The fraction of sp³-hybridized carbons (Fsp3) is 0.344. The number of unbranched alkanes of at least 4 members (excludes halogenated alkanes) is 1. The van der Waals surface area contributed by atoms with Gasteiger partial charge in [-0.3, -0.25) is 0 Å². The average Bonchev–Trinajstić information content (AvgIpc) is 2.90. The van der Waals surface area contributed by atoms with Gasteiger partial charge in [0.25, 0.3) is 0 Å². The maximum absolute atomic E-state index is 10.9. The van der Waals surface area contributed by atoms with Crippen LogP contribution in [0, 0.1) is 27.7 Å². The van der Waals surface area contributed by atoms with E-state index in [4.69, 9.17) is 19.7 Å². The van der Waals surface area contributed by atoms with Gasteiger partial charge in [-0.25, -0.2) is 15.0 Å². The van der Waals surface area contributed by atoms with E-state index in [9.17, 15) is 15.3 Å². The lowest BCUT2D eigenvalue weighted by Gasteiger charge is -2.18. The predicted octanol–water partition coefficient (Wildman–Crippen LogP) is 6.10. The van der Waals surface area contributed by atoms with Crippen molar-refractivity contribution in [3.63, 3.8) is 0 Å². The molecule has 0 bridgehead atoms. The number of rotatable bonds is 10. The normalized spacial score (nSPS) is 12.8. The standard InChI is InChI=1S/C32H37N3O4/c1-6-7-8-27(36)29(38)18-39-23-11-14-26(28(37)17-23)32-34-30(24-12-9-19(2)15-21(24)4)33-31(35-32)25-13-10-20(3)16-22(25)5/h9-17,27,29,36-38H,6-8,18H2,1-5H3. The molecule has 1 heterocycles. The lowest BCUT2D eigenvalue weighted by atomic mass is 10.0. The van der Waals surface area contributed by atoms with Crippen LogP contribution in [0.1, 0.15) is 48.4 Å². The molecule has 0 amide bonds. The molecular weight excluding hydrogens is 490 g/mol. The van der Waals surface area contributed by atoms with Crippen molar-refractivity contribution in [2.75, 3.05) is 6.61 Å². The van der Waals surface area contributed by atoms with E-state index in [0.717, 1.165) is 46.2 Å². The van der Waals surface area contributed by atoms with Crippen molar-refractivity contribution in [2.24, 2.45) is 0 Å². The number of ether oxygens (including phenoxy) is 1. The Hall–Kier alpha value is -3.81. The van der Waals surface area contributed by atoms with Crippen LogP contribution in [-0.4, -0.2) is 49.1 Å². The summed E-state index contributed by atoms with van der Waals surface area (Å²) in [4.78, 5) is 14.3. The Kier molecular flexibility index (Phi) is 8.94. The third kappa shape index (κ3) is 6.80. The van der Waals surface area contributed by atoms with Gasteiger partial charge in [-0.15, -0.1) is 0 Å². The minimum Gasteiger partial charge on any atom is -0.507 e. The van der Waals surface area contributed by atoms with Gasteiger partial charge in [0.15, 0.2) is 17.5 Å². The maximum Gasteiger partial charge on any atom is 0.167 e. The van der Waals surface area contributed by atoms with Gasteiger partial charge in [-0.05, 0) is 57.4 Å². The van der Waals surface area contributed by atoms with Crippen LogP contribution < -0.4 is 4.74 Å². The molecule has 3 aromatic carbocycles. The van der Waals surface area contributed by atoms with E-state index in [0.29, 0.717) is 35.2 Å². The number of aryl methyl sites for hydroxylation is 4. The molecule has 0 spiro atoms. The van der Waals surface area contributed by atoms with E-state index in [1.54, 1.807) is 12.1 Å². The smallest absolute Gasteiger partial charge is 0.167 e. The zero-order valence-corrected chi connectivity index (χ0v) is 23.3. The number of benzene rings is 3. The van der Waals surface area contributed by atoms with E-state index in [-0.39, 0.29) is 12.4 Å². The van der Waals surface area contributed by atoms with Crippen molar-refractivity contribution < 1.29 is 20.1 Å². The molecule has 0 aliphatic rings. The highest BCUT2D eigenvalue weighted by Crippen LogP contribution is 2.34. The summed E-state index contributed by atoms with van der Waals surface area (Å²) in [5.74, 6) is 1.70. The van der Waals surface area contributed by atoms with Crippen molar-refractivity contribution >= 4 is 0 Å². The number of aromatic nitrogens is 3. The molecule has 0 aliphatic carbocycles. The van der Waals surface area contributed by atoms with Crippen LogP contribution in [0.25, 0.3) is 34.2 Å². The van der Waals surface area contributed by atoms with Gasteiger partial charge in [0.05, 0.1) is 11.7 Å². The first-order valence-corrected chi connectivity index (χ1v) is 13.4. The van der Waals surface area contributed by atoms with Gasteiger partial charge in [0.1, 0.15) is 24.2 Å². The Morgan fingerprint density at radius 3 is 1.69 bits per heavy atom. The van der Waals surface area contributed by atoms with Crippen LogP contribution in [0.15, 0.2) is 54.6 Å². The number of aliphatic hydroxyl groups excluding tert-OH is 2. The molecule has 2 unspecified atom stereocenters. The topological polar surface area (TPSA) is 109 Å². The Morgan fingerprint density at radius 2 is 1.21 bits per heavy atom. The van der Waals surface area contributed by atoms with Gasteiger partial charge < -0.3 is 20.1 Å². The van der Waals surface area contributed by atoms with Crippen LogP contribution in [0.4, 0.5) is 0 Å². The summed E-state index contributed by atoms with van der Waals surface area (Å²) < 4.78 is 5.66. The fourth-order valence-corrected chi connectivity index (χ4v) is 4.55. The van der Waals surface area contributed by atoms with Crippen molar-refractivity contribution in [1.29, 1.82) is 0 Å². The van der Waals surface area contributed by atoms with E-state index in [1.165, 1.54) is 6.07 Å². The molecule has 4 rings (SSSR count). The van der Waals surface area contributed by atoms with Crippen LogP contribution in [0.3, 0.4) is 0 Å². The molecule has 204 valence electrons. The molecule has 0 radical (unpaired) electrons. The number of phenolic OH excluding ortho intramolecular Hbond substituents is 1. The summed E-state index contributed by atoms with van der Waals surface area (Å²) in [5.41, 5.74) is 6.62. The van der Waals surface area contributed by atoms with Gasteiger partial charge in [-0.1, -0.05) is 67.3 Å². The molecule has 7 nitrogen and oxygen atoms in total. The van der Waals surface area contributed by atoms with Crippen molar-refractivity contribution in [1.82, 2.24) is 15.0 Å². The molecule has 0 aliphatic heterocycles. The summed E-state index contributed by atoms with van der Waals surface area (Å²) in [5, 5.41) is 31.2. The largest absolute Gasteiger partial charge is 0.507 e. The van der Waals surface area contributed by atoms with Crippen molar-refractivity contribution in [3.8, 4) is 45.7 Å². The number of hydrogen-bond donors (Lipinski definition) is 3. The highest BCUT2D eigenvalue weighted by atomic mass is 16.5. The van der Waals surface area contributed by atoms with Crippen molar-refractivity contribution in [3.05, 3.63) is 76.9 Å². The average molecular weight is 528 g/mol. The molecular formula is C32H37N3O4. The molecule has 1 aromatic heterocycles. The number of nitrogens with zero attached hydrogens (tertiary/aromatic N) is 3. The van der Waals surface area contributed by atoms with E-state index in [2.05, 4.69) is 12.1 Å². The van der Waals surface area contributed by atoms with Crippen LogP contribution in [-0.2, 0) is 0 Å². The van der Waals surface area contributed by atoms with Gasteiger partial charge in [0.2, 0.25) is 0 Å². The SMILES string of the molecule is CCCCC(O)C(O)COc1ccc(-c2nc(-c3ccc(C)cc3C)nc(-c3ccc(C)cc3C)n2)c(O)c1. The molecule has 0 fully saturated rings. The quantitative estimate of drug-likeness (QED) is 0.229. The number of aromatic hydroxyl groups is 1. The third-order valence-electron chi connectivity index (χ3n) is 6.81. The lowest BCUT2D eigenvalue weighted by Crippen LogP contribution is -2.31. The van der Waals surface area contributed by atoms with Crippen LogP contribution in [0.2, 0.25) is 0 Å². The highest BCUT2D eigenvalue weighted by molar-refractivity contribution is 5.72. The molecule has 0 saturated heterocycles. The Morgan fingerprint density at radius 1 is 0.692 bits per heavy atom. The molecule has 2 atom stereocenters. The van der Waals surface area contributed by atoms with Gasteiger partial charge >= 0.3 is 0 Å². The zero-order chi connectivity index (χ0) is 28.1. The minimum atomic E-state index is -1.01. The summed E-state index contributed by atoms with van der Waals surface area (Å²) in [6.45, 7) is 10.1. The van der Waals surface area contributed by atoms with E-state index in [1.807, 2.05) is 58.9 Å². The summed E-state index contributed by atoms with van der Waals surface area (Å²) in [6.07, 6.45) is 0.412. The zero-order valence-electron chi connectivity index (χ0n) is 23.3. The summed E-state index contributed by atoms with van der Waals surface area (Å²) in [6, 6.07) is 17.1. The maximum atomic E-state index is 10.9. The van der Waals surface area contributed by atoms with Crippen molar-refractivity contribution in [2.45, 2.75) is 66.1 Å². The molecule has 4 aromatic rings. The Balaban J connectivity index is 1.70. The van der Waals surface area contributed by atoms with E-state index >= 15 is 0 Å². The minimum absolute atomic E-state index is 0.0575. The first kappa shape index (κ1) is 28.2. The molecule has 0 saturated carbocycles. The number of hydrogen-bond acceptors (Lipinski definition) is 7. The lowest BCUT2D eigenvalue weighted by molar-refractivity contribution is -0.0124. The Bertz CT molecular complexity index is 1380. The first-order valence-electron chi connectivity index (χ1n) is 13.4. The monoisotopic (exact) mass is 527 g/mol. The Labute approximate surface area is 230 Å². The third-order valence-corrected chi connectivity index (χ3v) is 6.81. The van der Waals surface area contributed by atoms with Crippen LogP contribution in [0.5, 0.6) is 11.5 Å².